The second-order valence-electron chi connectivity index (χ2n) is 5.74. The molecule has 7 nitrogen and oxygen atoms in total. The zero-order chi connectivity index (χ0) is 17.1. The van der Waals surface area contributed by atoms with E-state index in [0.717, 1.165) is 25.9 Å². The molecular weight excluding hydrogens is 328 g/mol. The van der Waals surface area contributed by atoms with Crippen LogP contribution in [0.15, 0.2) is 29.6 Å². The predicted molar refractivity (Wildman–Crippen MR) is 92.2 cm³/mol. The standard InChI is InChI=1S/C16H18N4O3S/c1-19(12-5-7-17-8-6-12)16(21)14-10-24-15(18-14)11-3-2-4-13(9-11)20(22)23/h2-4,9-10,12,17H,5-8H2,1H3. The molecule has 24 heavy (non-hydrogen) atoms. The monoisotopic (exact) mass is 346 g/mol. The van der Waals surface area contributed by atoms with Crippen molar-refractivity contribution in [3.8, 4) is 10.6 Å². The summed E-state index contributed by atoms with van der Waals surface area (Å²) < 4.78 is 0. The Balaban J connectivity index is 1.78. The zero-order valence-corrected chi connectivity index (χ0v) is 14.1. The van der Waals surface area contributed by atoms with E-state index >= 15 is 0 Å². The molecular formula is C16H18N4O3S. The van der Waals surface area contributed by atoms with Crippen molar-refractivity contribution < 1.29 is 9.72 Å². The maximum atomic E-state index is 12.6. The Morgan fingerprint density at radius 2 is 2.17 bits per heavy atom. The Bertz CT molecular complexity index is 755. The highest BCUT2D eigenvalue weighted by Crippen LogP contribution is 2.27. The van der Waals surface area contributed by atoms with Crippen LogP contribution in [-0.2, 0) is 0 Å². The molecule has 0 saturated carbocycles. The number of carbonyl (C=O) groups is 1. The van der Waals surface area contributed by atoms with Crippen LogP contribution in [0.4, 0.5) is 5.69 Å². The molecule has 1 aromatic heterocycles. The van der Waals surface area contributed by atoms with Crippen molar-refractivity contribution in [3.63, 3.8) is 0 Å². The van der Waals surface area contributed by atoms with Crippen LogP contribution in [0.1, 0.15) is 23.3 Å². The lowest BCUT2D eigenvalue weighted by Crippen LogP contribution is -2.44. The average Bonchev–Trinajstić information content (AvgIpc) is 3.11. The zero-order valence-electron chi connectivity index (χ0n) is 13.3. The van der Waals surface area contributed by atoms with Gasteiger partial charge in [-0.2, -0.15) is 0 Å². The van der Waals surface area contributed by atoms with E-state index in [1.54, 1.807) is 22.4 Å². The average molecular weight is 346 g/mol. The summed E-state index contributed by atoms with van der Waals surface area (Å²) in [6, 6.07) is 6.52. The lowest BCUT2D eigenvalue weighted by Gasteiger charge is -2.31. The number of nitrogens with zero attached hydrogens (tertiary/aromatic N) is 3. The molecule has 1 aromatic carbocycles. The second kappa shape index (κ2) is 7.06. The third-order valence-electron chi connectivity index (χ3n) is 4.20. The molecule has 1 fully saturated rings. The van der Waals surface area contributed by atoms with Gasteiger partial charge in [0.05, 0.1) is 4.92 Å². The third kappa shape index (κ3) is 3.44. The fourth-order valence-corrected chi connectivity index (χ4v) is 3.59. The summed E-state index contributed by atoms with van der Waals surface area (Å²) in [6.07, 6.45) is 1.87. The van der Waals surface area contributed by atoms with Gasteiger partial charge in [-0.15, -0.1) is 11.3 Å². The van der Waals surface area contributed by atoms with Gasteiger partial charge in [0.1, 0.15) is 10.7 Å². The van der Waals surface area contributed by atoms with E-state index in [1.807, 2.05) is 7.05 Å². The van der Waals surface area contributed by atoms with Crippen LogP contribution in [0.25, 0.3) is 10.6 Å². The first-order chi connectivity index (χ1) is 11.6. The number of nitrogens with one attached hydrogen (secondary N) is 1. The number of hydrogen-bond donors (Lipinski definition) is 1. The number of aromatic nitrogens is 1. The number of benzene rings is 1. The van der Waals surface area contributed by atoms with E-state index in [0.29, 0.717) is 16.3 Å². The molecule has 8 heteroatoms. The minimum Gasteiger partial charge on any atom is -0.337 e. The molecule has 0 unspecified atom stereocenters. The van der Waals surface area contributed by atoms with Gasteiger partial charge in [-0.05, 0) is 25.9 Å². The SMILES string of the molecule is CN(C(=O)c1csc(-c2cccc([N+](=O)[O-])c2)n1)C1CCNCC1. The van der Waals surface area contributed by atoms with Gasteiger partial charge >= 0.3 is 0 Å². The molecule has 1 saturated heterocycles. The van der Waals surface area contributed by atoms with Crippen LogP contribution in [-0.4, -0.2) is 46.9 Å². The molecule has 0 bridgehead atoms. The second-order valence-corrected chi connectivity index (χ2v) is 6.60. The fourth-order valence-electron chi connectivity index (χ4n) is 2.80. The van der Waals surface area contributed by atoms with Crippen molar-refractivity contribution in [2.75, 3.05) is 20.1 Å². The largest absolute Gasteiger partial charge is 0.337 e. The lowest BCUT2D eigenvalue weighted by molar-refractivity contribution is -0.384. The van der Waals surface area contributed by atoms with E-state index < -0.39 is 4.92 Å². The molecule has 0 aliphatic carbocycles. The normalized spacial score (nSPS) is 15.2. The van der Waals surface area contributed by atoms with Crippen LogP contribution < -0.4 is 5.32 Å². The van der Waals surface area contributed by atoms with Crippen LogP contribution in [0.3, 0.4) is 0 Å². The minimum atomic E-state index is -0.436. The number of thiazole rings is 1. The van der Waals surface area contributed by atoms with Crippen molar-refractivity contribution in [1.82, 2.24) is 15.2 Å². The van der Waals surface area contributed by atoms with E-state index in [1.165, 1.54) is 23.5 Å². The number of carbonyl (C=O) groups excluding carboxylic acids is 1. The summed E-state index contributed by atoms with van der Waals surface area (Å²) >= 11 is 1.32. The Kier molecular flexibility index (Phi) is 4.86. The molecule has 0 atom stereocenters. The number of piperidine rings is 1. The highest BCUT2D eigenvalue weighted by molar-refractivity contribution is 7.13. The highest BCUT2D eigenvalue weighted by Gasteiger charge is 2.24. The third-order valence-corrected chi connectivity index (χ3v) is 5.10. The van der Waals surface area contributed by atoms with E-state index in [-0.39, 0.29) is 17.6 Å². The Morgan fingerprint density at radius 1 is 1.42 bits per heavy atom. The smallest absolute Gasteiger partial charge is 0.273 e. The molecule has 1 N–H and O–H groups in total. The predicted octanol–water partition coefficient (Wildman–Crippen LogP) is 2.54. The van der Waals surface area contributed by atoms with Crippen LogP contribution in [0.5, 0.6) is 0 Å². The van der Waals surface area contributed by atoms with Crippen LogP contribution in [0.2, 0.25) is 0 Å². The van der Waals surface area contributed by atoms with Crippen molar-refractivity contribution >= 4 is 22.9 Å². The number of amides is 1. The van der Waals surface area contributed by atoms with Crippen molar-refractivity contribution in [2.24, 2.45) is 0 Å². The van der Waals surface area contributed by atoms with Gasteiger partial charge < -0.3 is 10.2 Å². The number of nitro groups is 1. The first-order valence-corrected chi connectivity index (χ1v) is 8.62. The summed E-state index contributed by atoms with van der Waals surface area (Å²) in [7, 11) is 1.81. The van der Waals surface area contributed by atoms with Gasteiger partial charge in [-0.25, -0.2) is 4.98 Å². The van der Waals surface area contributed by atoms with Gasteiger partial charge in [0.25, 0.3) is 11.6 Å². The van der Waals surface area contributed by atoms with E-state index in [2.05, 4.69) is 10.3 Å². The van der Waals surface area contributed by atoms with Crippen LogP contribution in [0, 0.1) is 10.1 Å². The first kappa shape index (κ1) is 16.5. The Hall–Kier alpha value is -2.32. The van der Waals surface area contributed by atoms with E-state index in [9.17, 15) is 14.9 Å². The highest BCUT2D eigenvalue weighted by atomic mass is 32.1. The van der Waals surface area contributed by atoms with Gasteiger partial charge in [0.15, 0.2) is 0 Å². The number of nitro benzene ring substituents is 1. The van der Waals surface area contributed by atoms with E-state index in [4.69, 9.17) is 0 Å². The van der Waals surface area contributed by atoms with Crippen molar-refractivity contribution in [1.29, 1.82) is 0 Å². The number of hydrogen-bond acceptors (Lipinski definition) is 6. The Labute approximate surface area is 143 Å². The molecule has 1 aliphatic rings. The number of rotatable bonds is 4. The summed E-state index contributed by atoms with van der Waals surface area (Å²) in [5.74, 6) is -0.102. The lowest BCUT2D eigenvalue weighted by atomic mass is 10.1. The van der Waals surface area contributed by atoms with Gasteiger partial charge in [0, 0.05) is 36.2 Å². The summed E-state index contributed by atoms with van der Waals surface area (Å²) in [4.78, 5) is 29.2. The molecule has 3 rings (SSSR count). The first-order valence-electron chi connectivity index (χ1n) is 7.74. The summed E-state index contributed by atoms with van der Waals surface area (Å²) in [6.45, 7) is 1.83. The molecule has 2 aromatic rings. The fraction of sp³-hybridized carbons (Fsp3) is 0.375. The van der Waals surface area contributed by atoms with Crippen molar-refractivity contribution in [2.45, 2.75) is 18.9 Å². The molecule has 0 spiro atoms. The molecule has 126 valence electrons. The summed E-state index contributed by atoms with van der Waals surface area (Å²) in [5, 5.41) is 16.5. The van der Waals surface area contributed by atoms with Gasteiger partial charge in [-0.3, -0.25) is 14.9 Å². The maximum absolute atomic E-state index is 12.6. The maximum Gasteiger partial charge on any atom is 0.273 e. The summed E-state index contributed by atoms with van der Waals surface area (Å²) in [5.41, 5.74) is 1.06. The van der Waals surface area contributed by atoms with Gasteiger partial charge in [0.2, 0.25) is 0 Å². The molecule has 0 radical (unpaired) electrons. The van der Waals surface area contributed by atoms with Crippen molar-refractivity contribution in [3.05, 3.63) is 45.5 Å². The number of non-ortho nitro benzene ring substituents is 1. The molecule has 2 heterocycles. The Morgan fingerprint density at radius 3 is 2.88 bits per heavy atom. The quantitative estimate of drug-likeness (QED) is 0.679. The molecule has 1 amide bonds. The van der Waals surface area contributed by atoms with Crippen LogP contribution >= 0.6 is 11.3 Å². The molecule has 1 aliphatic heterocycles. The van der Waals surface area contributed by atoms with Gasteiger partial charge in [-0.1, -0.05) is 12.1 Å². The minimum absolute atomic E-state index is 0.0161. The topological polar surface area (TPSA) is 88.4 Å².